The highest BCUT2D eigenvalue weighted by Crippen LogP contribution is 2.43. The molecular formula is C25H26BrClN4O4. The Morgan fingerprint density at radius 3 is 2.77 bits per heavy atom. The van der Waals surface area contributed by atoms with Crippen molar-refractivity contribution in [3.8, 4) is 11.5 Å². The fourth-order valence-corrected chi connectivity index (χ4v) is 4.61. The number of carbonyl (C=O) groups is 1. The third-order valence-corrected chi connectivity index (χ3v) is 6.39. The fraction of sp³-hybridized carbons (Fsp3) is 0.320. The maximum Gasteiger partial charge on any atom is 0.338 e. The molecule has 35 heavy (non-hydrogen) atoms. The molecule has 0 fully saturated rings. The van der Waals surface area contributed by atoms with Crippen molar-refractivity contribution >= 4 is 39.4 Å². The number of ether oxygens (including phenoxy) is 3. The number of rotatable bonds is 9. The summed E-state index contributed by atoms with van der Waals surface area (Å²) in [6.07, 6.45) is 2.17. The molecule has 8 nitrogen and oxygen atoms in total. The average molecular weight is 562 g/mol. The quantitative estimate of drug-likeness (QED) is 0.325. The average Bonchev–Trinajstić information content (AvgIpc) is 3.30. The smallest absolute Gasteiger partial charge is 0.338 e. The van der Waals surface area contributed by atoms with E-state index in [-0.39, 0.29) is 6.61 Å². The van der Waals surface area contributed by atoms with Gasteiger partial charge in [0.15, 0.2) is 11.5 Å². The van der Waals surface area contributed by atoms with Gasteiger partial charge in [0.2, 0.25) is 5.95 Å². The largest absolute Gasteiger partial charge is 0.490 e. The number of aromatic nitrogens is 3. The predicted molar refractivity (Wildman–Crippen MR) is 137 cm³/mol. The number of anilines is 1. The second-order valence-corrected chi connectivity index (χ2v) is 9.13. The van der Waals surface area contributed by atoms with Gasteiger partial charge in [0.1, 0.15) is 19.0 Å². The first-order chi connectivity index (χ1) is 16.9. The van der Waals surface area contributed by atoms with Crippen LogP contribution in [0.4, 0.5) is 5.95 Å². The van der Waals surface area contributed by atoms with Gasteiger partial charge in [0, 0.05) is 16.3 Å². The Morgan fingerprint density at radius 1 is 1.23 bits per heavy atom. The topological polar surface area (TPSA) is 87.5 Å². The number of nitrogens with one attached hydrogen (secondary N) is 1. The molecular weight excluding hydrogens is 536 g/mol. The normalized spacial score (nSPS) is 14.8. The molecule has 1 aliphatic rings. The van der Waals surface area contributed by atoms with Crippen molar-refractivity contribution < 1.29 is 19.0 Å². The number of nitrogens with zero attached hydrogens (tertiary/aromatic N) is 3. The summed E-state index contributed by atoms with van der Waals surface area (Å²) in [6.45, 7) is 6.71. The number of benzene rings is 2. The molecule has 1 aliphatic heterocycles. The summed E-state index contributed by atoms with van der Waals surface area (Å²) in [7, 11) is 0. The molecule has 2 heterocycles. The van der Waals surface area contributed by atoms with Crippen LogP contribution in [0.15, 0.2) is 58.5 Å². The summed E-state index contributed by atoms with van der Waals surface area (Å²) in [5, 5.41) is 8.15. The van der Waals surface area contributed by atoms with Crippen molar-refractivity contribution in [2.24, 2.45) is 0 Å². The highest BCUT2D eigenvalue weighted by Gasteiger charge is 2.35. The van der Waals surface area contributed by atoms with Crippen molar-refractivity contribution in [2.75, 3.05) is 18.5 Å². The van der Waals surface area contributed by atoms with Gasteiger partial charge in [0.25, 0.3) is 0 Å². The van der Waals surface area contributed by atoms with E-state index in [9.17, 15) is 4.79 Å². The minimum atomic E-state index is -0.564. The summed E-state index contributed by atoms with van der Waals surface area (Å²) >= 11 is 9.94. The van der Waals surface area contributed by atoms with Gasteiger partial charge in [-0.3, -0.25) is 0 Å². The molecule has 1 aromatic heterocycles. The molecule has 0 aliphatic carbocycles. The predicted octanol–water partition coefficient (Wildman–Crippen LogP) is 5.91. The zero-order valence-electron chi connectivity index (χ0n) is 19.7. The van der Waals surface area contributed by atoms with Gasteiger partial charge in [-0.2, -0.15) is 10.1 Å². The Morgan fingerprint density at radius 2 is 2.03 bits per heavy atom. The van der Waals surface area contributed by atoms with Crippen molar-refractivity contribution in [2.45, 2.75) is 39.8 Å². The van der Waals surface area contributed by atoms with Gasteiger partial charge >= 0.3 is 5.97 Å². The van der Waals surface area contributed by atoms with E-state index in [0.29, 0.717) is 51.4 Å². The Balaban J connectivity index is 1.75. The number of esters is 1. The monoisotopic (exact) mass is 560 g/mol. The first-order valence-corrected chi connectivity index (χ1v) is 12.5. The minimum absolute atomic E-state index is 0.270. The van der Waals surface area contributed by atoms with E-state index in [1.807, 2.05) is 57.2 Å². The second kappa shape index (κ2) is 11.1. The molecule has 4 rings (SSSR count). The molecule has 0 bridgehead atoms. The van der Waals surface area contributed by atoms with Gasteiger partial charge in [-0.05, 0) is 60.0 Å². The lowest BCUT2D eigenvalue weighted by atomic mass is 9.95. The van der Waals surface area contributed by atoms with Crippen molar-refractivity contribution in [3.63, 3.8) is 0 Å². The van der Waals surface area contributed by atoms with Gasteiger partial charge in [-0.25, -0.2) is 9.48 Å². The van der Waals surface area contributed by atoms with Crippen LogP contribution in [0.25, 0.3) is 0 Å². The lowest BCUT2D eigenvalue weighted by Crippen LogP contribution is -2.30. The first-order valence-electron chi connectivity index (χ1n) is 11.3. The van der Waals surface area contributed by atoms with Gasteiger partial charge in [-0.1, -0.05) is 36.7 Å². The van der Waals surface area contributed by atoms with Crippen LogP contribution in [0, 0.1) is 0 Å². The molecule has 3 aromatic rings. The lowest BCUT2D eigenvalue weighted by Gasteiger charge is -2.29. The number of carbonyl (C=O) groups excluding carboxylic acids is 1. The van der Waals surface area contributed by atoms with Crippen LogP contribution in [0.1, 0.15) is 44.4 Å². The number of hydrogen-bond acceptors (Lipinski definition) is 7. The molecule has 1 N–H and O–H groups in total. The summed E-state index contributed by atoms with van der Waals surface area (Å²) in [4.78, 5) is 17.4. The zero-order chi connectivity index (χ0) is 24.9. The van der Waals surface area contributed by atoms with Crippen LogP contribution >= 0.6 is 27.5 Å². The molecule has 0 radical (unpaired) electrons. The highest BCUT2D eigenvalue weighted by molar-refractivity contribution is 9.10. The number of halogens is 2. The Kier molecular flexibility index (Phi) is 7.97. The van der Waals surface area contributed by atoms with E-state index in [1.165, 1.54) is 6.33 Å². The highest BCUT2D eigenvalue weighted by atomic mass is 79.9. The van der Waals surface area contributed by atoms with Crippen LogP contribution in [0.5, 0.6) is 11.5 Å². The molecule has 0 saturated carbocycles. The van der Waals surface area contributed by atoms with Crippen LogP contribution in [-0.2, 0) is 16.1 Å². The Labute approximate surface area is 217 Å². The number of allylic oxidation sites excluding steroid dienone is 1. The summed E-state index contributed by atoms with van der Waals surface area (Å²) < 4.78 is 19.9. The van der Waals surface area contributed by atoms with Crippen LogP contribution in [0.3, 0.4) is 0 Å². The van der Waals surface area contributed by atoms with Gasteiger partial charge in [-0.15, -0.1) is 0 Å². The van der Waals surface area contributed by atoms with Gasteiger partial charge < -0.3 is 19.5 Å². The lowest BCUT2D eigenvalue weighted by molar-refractivity contribution is -0.139. The minimum Gasteiger partial charge on any atom is -0.490 e. The van der Waals surface area contributed by atoms with E-state index in [2.05, 4.69) is 31.3 Å². The molecule has 0 amide bonds. The van der Waals surface area contributed by atoms with E-state index in [4.69, 9.17) is 25.8 Å². The Bertz CT molecular complexity index is 1260. The fourth-order valence-electron chi connectivity index (χ4n) is 3.85. The molecule has 1 atom stereocenters. The van der Waals surface area contributed by atoms with E-state index < -0.39 is 12.0 Å². The SMILES string of the molecule is CCCOC(=O)C1=C(C)Nc2ncnn2C1c1cc(Br)c(OCc2ccccc2Cl)c(OCC)c1. The van der Waals surface area contributed by atoms with Crippen molar-refractivity contribution in [3.05, 3.63) is 74.6 Å². The maximum atomic E-state index is 13.1. The van der Waals surface area contributed by atoms with Crippen LogP contribution in [0.2, 0.25) is 5.02 Å². The first kappa shape index (κ1) is 25.1. The molecule has 0 saturated heterocycles. The van der Waals surface area contributed by atoms with Gasteiger partial charge in [0.05, 0.1) is 23.3 Å². The summed E-state index contributed by atoms with van der Waals surface area (Å²) in [6, 6.07) is 10.7. The number of fused-ring (bicyclic) bond motifs is 1. The molecule has 1 unspecified atom stereocenters. The second-order valence-electron chi connectivity index (χ2n) is 7.87. The summed E-state index contributed by atoms with van der Waals surface area (Å²) in [5.74, 6) is 1.20. The van der Waals surface area contributed by atoms with E-state index in [0.717, 1.165) is 17.5 Å². The summed E-state index contributed by atoms with van der Waals surface area (Å²) in [5.41, 5.74) is 2.74. The molecule has 10 heteroatoms. The Hall–Kier alpha value is -3.04. The standard InChI is InChI=1S/C25H26BrClN4O4/c1-4-10-34-24(32)21-15(3)30-25-28-14-29-31(25)22(21)17-11-18(26)23(20(12-17)33-5-2)35-13-16-8-6-7-9-19(16)27/h6-9,11-12,14,22H,4-5,10,13H2,1-3H3,(H,28,29,30). The van der Waals surface area contributed by atoms with Crippen molar-refractivity contribution in [1.29, 1.82) is 0 Å². The van der Waals surface area contributed by atoms with Crippen LogP contribution in [-0.4, -0.2) is 33.9 Å². The van der Waals surface area contributed by atoms with Crippen LogP contribution < -0.4 is 14.8 Å². The van der Waals surface area contributed by atoms with E-state index in [1.54, 1.807) is 4.68 Å². The van der Waals surface area contributed by atoms with E-state index >= 15 is 0 Å². The molecule has 2 aromatic carbocycles. The van der Waals surface area contributed by atoms with Crippen molar-refractivity contribution in [1.82, 2.24) is 14.8 Å². The zero-order valence-corrected chi connectivity index (χ0v) is 22.0. The maximum absolute atomic E-state index is 13.1. The molecule has 184 valence electrons. The third-order valence-electron chi connectivity index (χ3n) is 5.43. The third kappa shape index (κ3) is 5.31. The number of hydrogen-bond donors (Lipinski definition) is 1. The molecule has 0 spiro atoms.